The first-order valence-electron chi connectivity index (χ1n) is 6.87. The molecule has 0 saturated carbocycles. The predicted octanol–water partition coefficient (Wildman–Crippen LogP) is 1.34. The minimum absolute atomic E-state index is 0.0544. The third-order valence-electron chi connectivity index (χ3n) is 3.60. The Hall–Kier alpha value is -1.62. The Kier molecular flexibility index (Phi) is 4.74. The summed E-state index contributed by atoms with van der Waals surface area (Å²) in [5, 5.41) is 5.90. The fourth-order valence-corrected chi connectivity index (χ4v) is 2.33. The molecule has 1 aliphatic rings. The highest BCUT2D eigenvalue weighted by atomic mass is 16.1. The van der Waals surface area contributed by atoms with E-state index >= 15 is 0 Å². The predicted molar refractivity (Wildman–Crippen MR) is 76.4 cm³/mol. The number of carbonyl (C=O) groups excluding carboxylic acids is 1. The van der Waals surface area contributed by atoms with Crippen LogP contribution in [-0.2, 0) is 0 Å². The van der Waals surface area contributed by atoms with Crippen molar-refractivity contribution in [3.63, 3.8) is 0 Å². The standard InChI is InChI=1S/C14H22N4O/c1-11(18-7-3-4-8-18)9-17-14(19)12-5-6-13(15-2)16-10-12/h5-6,10-11H,3-4,7-9H2,1-2H3,(H,15,16)(H,17,19). The third-order valence-corrected chi connectivity index (χ3v) is 3.60. The lowest BCUT2D eigenvalue weighted by Crippen LogP contribution is -2.40. The average Bonchev–Trinajstić information content (AvgIpc) is 2.98. The van der Waals surface area contributed by atoms with Crippen LogP contribution in [0, 0.1) is 0 Å². The van der Waals surface area contributed by atoms with Gasteiger partial charge < -0.3 is 10.6 Å². The monoisotopic (exact) mass is 262 g/mol. The largest absolute Gasteiger partial charge is 0.373 e. The van der Waals surface area contributed by atoms with Gasteiger partial charge in [0.05, 0.1) is 5.56 Å². The zero-order valence-electron chi connectivity index (χ0n) is 11.6. The first-order chi connectivity index (χ1) is 9.20. The van der Waals surface area contributed by atoms with Gasteiger partial charge in [-0.3, -0.25) is 9.69 Å². The Morgan fingerprint density at radius 1 is 1.42 bits per heavy atom. The molecule has 1 aromatic heterocycles. The summed E-state index contributed by atoms with van der Waals surface area (Å²) >= 11 is 0. The van der Waals surface area contributed by atoms with Gasteiger partial charge in [0, 0.05) is 25.8 Å². The van der Waals surface area contributed by atoms with Crippen molar-refractivity contribution >= 4 is 11.7 Å². The van der Waals surface area contributed by atoms with Gasteiger partial charge in [-0.2, -0.15) is 0 Å². The Bertz CT molecular complexity index is 412. The van der Waals surface area contributed by atoms with E-state index in [0.717, 1.165) is 18.9 Å². The highest BCUT2D eigenvalue weighted by molar-refractivity contribution is 5.94. The van der Waals surface area contributed by atoms with Crippen molar-refractivity contribution in [3.8, 4) is 0 Å². The number of hydrogen-bond donors (Lipinski definition) is 2. The molecule has 104 valence electrons. The molecule has 0 bridgehead atoms. The fraction of sp³-hybridized carbons (Fsp3) is 0.571. The highest BCUT2D eigenvalue weighted by Crippen LogP contribution is 2.11. The summed E-state index contributed by atoms with van der Waals surface area (Å²) in [6, 6.07) is 3.99. The van der Waals surface area contributed by atoms with Crippen molar-refractivity contribution in [1.82, 2.24) is 15.2 Å². The average molecular weight is 262 g/mol. The van der Waals surface area contributed by atoms with E-state index < -0.39 is 0 Å². The summed E-state index contributed by atoms with van der Waals surface area (Å²) in [7, 11) is 1.81. The molecule has 19 heavy (non-hydrogen) atoms. The number of likely N-dealkylation sites (tertiary alicyclic amines) is 1. The second-order valence-corrected chi connectivity index (χ2v) is 4.98. The molecule has 1 saturated heterocycles. The normalized spacial score (nSPS) is 17.2. The van der Waals surface area contributed by atoms with Crippen molar-refractivity contribution in [3.05, 3.63) is 23.9 Å². The zero-order chi connectivity index (χ0) is 13.7. The second kappa shape index (κ2) is 6.52. The number of aromatic nitrogens is 1. The molecular formula is C14H22N4O. The van der Waals surface area contributed by atoms with E-state index in [4.69, 9.17) is 0 Å². The molecule has 1 aromatic rings. The van der Waals surface area contributed by atoms with Crippen molar-refractivity contribution in [1.29, 1.82) is 0 Å². The number of pyridine rings is 1. The van der Waals surface area contributed by atoms with Gasteiger partial charge in [-0.15, -0.1) is 0 Å². The van der Waals surface area contributed by atoms with Crippen LogP contribution in [0.4, 0.5) is 5.82 Å². The lowest BCUT2D eigenvalue weighted by Gasteiger charge is -2.23. The van der Waals surface area contributed by atoms with E-state index in [9.17, 15) is 4.79 Å². The molecule has 2 N–H and O–H groups in total. The highest BCUT2D eigenvalue weighted by Gasteiger charge is 2.18. The van der Waals surface area contributed by atoms with Crippen LogP contribution >= 0.6 is 0 Å². The number of amides is 1. The summed E-state index contributed by atoms with van der Waals surface area (Å²) in [6.45, 7) is 5.14. The van der Waals surface area contributed by atoms with Crippen LogP contribution in [0.1, 0.15) is 30.1 Å². The van der Waals surface area contributed by atoms with Crippen LogP contribution < -0.4 is 10.6 Å². The molecule has 2 heterocycles. The number of anilines is 1. The summed E-state index contributed by atoms with van der Waals surface area (Å²) < 4.78 is 0. The maximum absolute atomic E-state index is 12.0. The lowest BCUT2D eigenvalue weighted by molar-refractivity contribution is 0.0940. The molecule has 0 spiro atoms. The Labute approximate surface area is 114 Å². The van der Waals surface area contributed by atoms with Gasteiger partial charge in [-0.1, -0.05) is 0 Å². The number of carbonyl (C=O) groups is 1. The summed E-state index contributed by atoms with van der Waals surface area (Å²) in [5.41, 5.74) is 0.604. The number of rotatable bonds is 5. The maximum Gasteiger partial charge on any atom is 0.252 e. The molecule has 1 unspecified atom stereocenters. The number of nitrogens with zero attached hydrogens (tertiary/aromatic N) is 2. The van der Waals surface area contributed by atoms with Crippen LogP contribution in [-0.4, -0.2) is 48.5 Å². The zero-order valence-corrected chi connectivity index (χ0v) is 11.6. The first-order valence-corrected chi connectivity index (χ1v) is 6.87. The Morgan fingerprint density at radius 3 is 2.74 bits per heavy atom. The quantitative estimate of drug-likeness (QED) is 0.840. The minimum atomic E-state index is -0.0544. The Balaban J connectivity index is 1.82. The van der Waals surface area contributed by atoms with Gasteiger partial charge in [-0.05, 0) is 45.0 Å². The van der Waals surface area contributed by atoms with Gasteiger partial charge in [0.1, 0.15) is 5.82 Å². The van der Waals surface area contributed by atoms with Gasteiger partial charge in [0.2, 0.25) is 0 Å². The van der Waals surface area contributed by atoms with E-state index in [1.54, 1.807) is 25.4 Å². The number of hydrogen-bond acceptors (Lipinski definition) is 4. The lowest BCUT2D eigenvalue weighted by atomic mass is 10.2. The van der Waals surface area contributed by atoms with Crippen LogP contribution in [0.2, 0.25) is 0 Å². The topological polar surface area (TPSA) is 57.3 Å². The van der Waals surface area contributed by atoms with Gasteiger partial charge >= 0.3 is 0 Å². The maximum atomic E-state index is 12.0. The molecule has 1 amide bonds. The smallest absolute Gasteiger partial charge is 0.252 e. The fourth-order valence-electron chi connectivity index (χ4n) is 2.33. The molecule has 1 fully saturated rings. The van der Waals surface area contributed by atoms with Crippen LogP contribution in [0.3, 0.4) is 0 Å². The molecule has 2 rings (SSSR count). The Morgan fingerprint density at radius 2 is 2.16 bits per heavy atom. The number of nitrogens with one attached hydrogen (secondary N) is 2. The van der Waals surface area contributed by atoms with Crippen molar-refractivity contribution < 1.29 is 4.79 Å². The second-order valence-electron chi connectivity index (χ2n) is 4.98. The molecule has 5 nitrogen and oxygen atoms in total. The van der Waals surface area contributed by atoms with Gasteiger partial charge in [0.15, 0.2) is 0 Å². The van der Waals surface area contributed by atoms with Crippen molar-refractivity contribution in [2.75, 3.05) is 32.0 Å². The first kappa shape index (κ1) is 13.8. The SMILES string of the molecule is CNc1ccc(C(=O)NCC(C)N2CCCC2)cn1. The molecule has 0 aromatic carbocycles. The van der Waals surface area contributed by atoms with Gasteiger partial charge in [-0.25, -0.2) is 4.98 Å². The summed E-state index contributed by atoms with van der Waals surface area (Å²) in [5.74, 6) is 0.711. The summed E-state index contributed by atoms with van der Waals surface area (Å²) in [6.07, 6.45) is 4.14. The third kappa shape index (κ3) is 3.67. The van der Waals surface area contributed by atoms with Crippen molar-refractivity contribution in [2.45, 2.75) is 25.8 Å². The molecule has 1 atom stereocenters. The van der Waals surface area contributed by atoms with E-state index in [1.165, 1.54) is 12.8 Å². The molecule has 1 aliphatic heterocycles. The van der Waals surface area contributed by atoms with Crippen LogP contribution in [0.25, 0.3) is 0 Å². The molecule has 5 heteroatoms. The van der Waals surface area contributed by atoms with E-state index in [2.05, 4.69) is 27.4 Å². The van der Waals surface area contributed by atoms with Gasteiger partial charge in [0.25, 0.3) is 5.91 Å². The van der Waals surface area contributed by atoms with Crippen LogP contribution in [0.15, 0.2) is 18.3 Å². The van der Waals surface area contributed by atoms with E-state index in [0.29, 0.717) is 18.2 Å². The van der Waals surface area contributed by atoms with E-state index in [-0.39, 0.29) is 5.91 Å². The minimum Gasteiger partial charge on any atom is -0.373 e. The van der Waals surface area contributed by atoms with Crippen molar-refractivity contribution in [2.24, 2.45) is 0 Å². The van der Waals surface area contributed by atoms with Crippen LogP contribution in [0.5, 0.6) is 0 Å². The summed E-state index contributed by atoms with van der Waals surface area (Å²) in [4.78, 5) is 18.5. The van der Waals surface area contributed by atoms with E-state index in [1.807, 2.05) is 0 Å². The molecule has 0 radical (unpaired) electrons. The molecular weight excluding hydrogens is 240 g/mol. The molecule has 0 aliphatic carbocycles.